The number of amides is 2. The number of carbonyl (C=O) groups excluding carboxylic acids is 2. The molecule has 4 rings (SSSR count). The third kappa shape index (κ3) is 5.38. The van der Waals surface area contributed by atoms with Gasteiger partial charge in [0.25, 0.3) is 0 Å². The molecule has 180 valence electrons. The number of nitrogens with one attached hydrogen (secondary N) is 2. The van der Waals surface area contributed by atoms with Gasteiger partial charge in [0, 0.05) is 17.9 Å². The summed E-state index contributed by atoms with van der Waals surface area (Å²) < 4.78 is 5.61. The van der Waals surface area contributed by atoms with Crippen LogP contribution in [-0.2, 0) is 14.3 Å². The summed E-state index contributed by atoms with van der Waals surface area (Å²) in [5.74, 6) is -0.933. The Morgan fingerprint density at radius 3 is 2.32 bits per heavy atom. The van der Waals surface area contributed by atoms with Crippen LogP contribution in [0.5, 0.6) is 0 Å². The second kappa shape index (κ2) is 11.0. The van der Waals surface area contributed by atoms with Gasteiger partial charge >= 0.3 is 12.1 Å². The van der Waals surface area contributed by atoms with Crippen LogP contribution < -0.4 is 10.6 Å². The summed E-state index contributed by atoms with van der Waals surface area (Å²) in [6.07, 6.45) is 3.54. The molecule has 2 aromatic rings. The Hall–Kier alpha value is -3.00. The number of hydrogen-bond acceptors (Lipinski definition) is 5. The van der Waals surface area contributed by atoms with E-state index >= 15 is 0 Å². The Labute approximate surface area is 203 Å². The van der Waals surface area contributed by atoms with Crippen LogP contribution in [0, 0.1) is 5.92 Å². The monoisotopic (exact) mass is 482 g/mol. The van der Waals surface area contributed by atoms with Crippen molar-refractivity contribution in [3.8, 4) is 11.1 Å². The van der Waals surface area contributed by atoms with Crippen LogP contribution in [0.3, 0.4) is 0 Å². The van der Waals surface area contributed by atoms with Gasteiger partial charge in [-0.3, -0.25) is 4.79 Å². The third-order valence-corrected chi connectivity index (χ3v) is 7.34. The second-order valence-corrected chi connectivity index (χ2v) is 9.84. The zero-order chi connectivity index (χ0) is 24.1. The summed E-state index contributed by atoms with van der Waals surface area (Å²) in [5.41, 5.74) is 4.66. The van der Waals surface area contributed by atoms with Crippen molar-refractivity contribution in [2.24, 2.45) is 5.92 Å². The fraction of sp³-hybridized carbons (Fsp3) is 0.423. The largest absolute Gasteiger partial charge is 0.480 e. The topological polar surface area (TPSA) is 105 Å². The highest BCUT2D eigenvalue weighted by Gasteiger charge is 2.34. The predicted molar refractivity (Wildman–Crippen MR) is 132 cm³/mol. The molecular weight excluding hydrogens is 452 g/mol. The first-order valence-corrected chi connectivity index (χ1v) is 13.0. The maximum Gasteiger partial charge on any atom is 0.407 e. The molecule has 3 atom stereocenters. The molecule has 2 aromatic carbocycles. The van der Waals surface area contributed by atoms with Crippen molar-refractivity contribution in [3.63, 3.8) is 0 Å². The molecule has 34 heavy (non-hydrogen) atoms. The molecule has 0 saturated heterocycles. The van der Waals surface area contributed by atoms with Crippen LogP contribution >= 0.6 is 11.8 Å². The van der Waals surface area contributed by atoms with Gasteiger partial charge in [0.15, 0.2) is 0 Å². The summed E-state index contributed by atoms with van der Waals surface area (Å²) >= 11 is 1.54. The number of rotatable bonds is 9. The maximum atomic E-state index is 12.6. The van der Waals surface area contributed by atoms with Gasteiger partial charge in [-0.05, 0) is 59.9 Å². The summed E-state index contributed by atoms with van der Waals surface area (Å²) in [5, 5.41) is 14.9. The van der Waals surface area contributed by atoms with E-state index in [1.54, 1.807) is 11.8 Å². The van der Waals surface area contributed by atoms with Crippen molar-refractivity contribution < 1.29 is 24.2 Å². The fourth-order valence-corrected chi connectivity index (χ4v) is 5.41. The SMILES string of the molecule is CSCCC(NC(=O)C1CCC(NC(=O)OCC2c3ccccc3-c3ccccc32)C1)C(=O)O. The number of hydrogen-bond donors (Lipinski definition) is 3. The van der Waals surface area contributed by atoms with E-state index in [2.05, 4.69) is 34.9 Å². The minimum absolute atomic E-state index is 0.00510. The Balaban J connectivity index is 1.28. The molecule has 0 spiro atoms. The summed E-state index contributed by atoms with van der Waals surface area (Å²) in [7, 11) is 0. The van der Waals surface area contributed by atoms with Crippen LogP contribution in [-0.4, -0.2) is 53.8 Å². The van der Waals surface area contributed by atoms with E-state index < -0.39 is 18.1 Å². The highest BCUT2D eigenvalue weighted by atomic mass is 32.2. The number of carbonyl (C=O) groups is 3. The molecule has 1 saturated carbocycles. The molecule has 1 fully saturated rings. The number of benzene rings is 2. The van der Waals surface area contributed by atoms with Crippen molar-refractivity contribution in [1.29, 1.82) is 0 Å². The van der Waals surface area contributed by atoms with Gasteiger partial charge in [-0.1, -0.05) is 48.5 Å². The van der Waals surface area contributed by atoms with Gasteiger partial charge in [0.05, 0.1) is 0 Å². The van der Waals surface area contributed by atoms with Crippen LogP contribution in [0.15, 0.2) is 48.5 Å². The minimum atomic E-state index is -1.02. The average Bonchev–Trinajstić information content (AvgIpc) is 3.43. The highest BCUT2D eigenvalue weighted by molar-refractivity contribution is 7.98. The Kier molecular flexibility index (Phi) is 7.77. The summed E-state index contributed by atoms with van der Waals surface area (Å²) in [4.78, 5) is 36.5. The van der Waals surface area contributed by atoms with Gasteiger partial charge in [0.2, 0.25) is 5.91 Å². The van der Waals surface area contributed by atoms with Crippen molar-refractivity contribution in [3.05, 3.63) is 59.7 Å². The van der Waals surface area contributed by atoms with Crippen molar-refractivity contribution in [2.45, 2.75) is 43.7 Å². The normalized spacial score (nSPS) is 19.7. The molecule has 2 aliphatic carbocycles. The maximum absolute atomic E-state index is 12.6. The second-order valence-electron chi connectivity index (χ2n) is 8.86. The lowest BCUT2D eigenvalue weighted by Gasteiger charge is -2.18. The lowest BCUT2D eigenvalue weighted by molar-refractivity contribution is -0.142. The van der Waals surface area contributed by atoms with Crippen LogP contribution in [0.2, 0.25) is 0 Å². The summed E-state index contributed by atoms with van der Waals surface area (Å²) in [6.45, 7) is 0.242. The first-order valence-electron chi connectivity index (χ1n) is 11.6. The molecule has 0 bridgehead atoms. The standard InChI is InChI=1S/C26H30N2O5S/c1-34-13-12-23(25(30)31)28-24(29)16-10-11-17(14-16)27-26(32)33-15-22-20-8-4-2-6-18(20)19-7-3-5-9-21(19)22/h2-9,16-17,22-23H,10-15H2,1H3,(H,27,32)(H,28,29)(H,30,31). The predicted octanol–water partition coefficient (Wildman–Crippen LogP) is 4.02. The van der Waals surface area contributed by atoms with E-state index in [0.717, 1.165) is 11.1 Å². The van der Waals surface area contributed by atoms with E-state index in [9.17, 15) is 19.5 Å². The molecule has 0 aromatic heterocycles. The molecule has 2 aliphatic rings. The molecule has 0 radical (unpaired) electrons. The van der Waals surface area contributed by atoms with E-state index in [1.165, 1.54) is 11.1 Å². The molecule has 7 nitrogen and oxygen atoms in total. The number of thioether (sulfide) groups is 1. The molecule has 2 amide bonds. The van der Waals surface area contributed by atoms with Crippen LogP contribution in [0.1, 0.15) is 42.7 Å². The lowest BCUT2D eigenvalue weighted by Crippen LogP contribution is -2.44. The first-order chi connectivity index (χ1) is 16.5. The Bertz CT molecular complexity index is 1010. The fourth-order valence-electron chi connectivity index (χ4n) is 4.94. The van der Waals surface area contributed by atoms with Crippen molar-refractivity contribution in [2.75, 3.05) is 18.6 Å². The molecule has 0 heterocycles. The number of carboxylic acid groups (broad SMARTS) is 1. The minimum Gasteiger partial charge on any atom is -0.480 e. The highest BCUT2D eigenvalue weighted by Crippen LogP contribution is 2.44. The Morgan fingerprint density at radius 2 is 1.71 bits per heavy atom. The van der Waals surface area contributed by atoms with Crippen LogP contribution in [0.25, 0.3) is 11.1 Å². The number of ether oxygens (including phenoxy) is 1. The third-order valence-electron chi connectivity index (χ3n) is 6.69. The first kappa shape index (κ1) is 24.1. The van der Waals surface area contributed by atoms with Gasteiger partial charge in [-0.25, -0.2) is 9.59 Å². The van der Waals surface area contributed by atoms with Gasteiger partial charge in [-0.15, -0.1) is 0 Å². The van der Waals surface area contributed by atoms with E-state index in [0.29, 0.717) is 31.4 Å². The molecule has 3 N–H and O–H groups in total. The average molecular weight is 483 g/mol. The van der Waals surface area contributed by atoms with Gasteiger partial charge in [-0.2, -0.15) is 11.8 Å². The van der Waals surface area contributed by atoms with Gasteiger partial charge < -0.3 is 20.5 Å². The number of alkyl carbamates (subject to hydrolysis) is 1. The number of carboxylic acids is 1. The Morgan fingerprint density at radius 1 is 1.06 bits per heavy atom. The van der Waals surface area contributed by atoms with E-state index in [4.69, 9.17) is 4.74 Å². The zero-order valence-corrected chi connectivity index (χ0v) is 20.0. The molecule has 3 unspecified atom stereocenters. The lowest BCUT2D eigenvalue weighted by atomic mass is 9.98. The van der Waals surface area contributed by atoms with Crippen LogP contribution in [0.4, 0.5) is 4.79 Å². The summed E-state index contributed by atoms with van der Waals surface area (Å²) in [6, 6.07) is 15.3. The van der Waals surface area contributed by atoms with E-state index in [-0.39, 0.29) is 30.4 Å². The number of aliphatic carboxylic acids is 1. The number of fused-ring (bicyclic) bond motifs is 3. The quantitative estimate of drug-likeness (QED) is 0.499. The molecular formula is C26H30N2O5S. The smallest absolute Gasteiger partial charge is 0.407 e. The molecule has 8 heteroatoms. The van der Waals surface area contributed by atoms with Gasteiger partial charge in [0.1, 0.15) is 12.6 Å². The van der Waals surface area contributed by atoms with Crippen molar-refractivity contribution in [1.82, 2.24) is 10.6 Å². The molecule has 0 aliphatic heterocycles. The van der Waals surface area contributed by atoms with E-state index in [1.807, 2.05) is 30.5 Å². The van der Waals surface area contributed by atoms with Crippen molar-refractivity contribution >= 4 is 29.7 Å². The zero-order valence-electron chi connectivity index (χ0n) is 19.2.